The maximum Gasteiger partial charge on any atom is 0.163 e. The molecule has 0 spiro atoms. The number of carbonyl (C=O) groups is 1. The van der Waals surface area contributed by atoms with Crippen molar-refractivity contribution in [2.24, 2.45) is 5.92 Å². The van der Waals surface area contributed by atoms with Crippen LogP contribution in [0.15, 0.2) is 36.1 Å². The van der Waals surface area contributed by atoms with Crippen molar-refractivity contribution in [3.8, 4) is 0 Å². The van der Waals surface area contributed by atoms with Crippen molar-refractivity contribution >= 4 is 5.78 Å². The van der Waals surface area contributed by atoms with Crippen molar-refractivity contribution in [2.75, 3.05) is 7.11 Å². The Kier molecular flexibility index (Phi) is 5.61. The first-order valence-corrected chi connectivity index (χ1v) is 4.62. The Hall–Kier alpha value is -1.31. The van der Waals surface area contributed by atoms with Crippen LogP contribution in [-0.2, 0) is 9.53 Å². The van der Waals surface area contributed by atoms with E-state index in [1.54, 1.807) is 19.3 Å². The maximum absolute atomic E-state index is 11.3. The minimum absolute atomic E-state index is 0.0151. The van der Waals surface area contributed by atoms with Gasteiger partial charge in [-0.05, 0) is 25.0 Å². The third kappa shape index (κ3) is 4.08. The molecule has 2 heteroatoms. The van der Waals surface area contributed by atoms with Crippen LogP contribution in [0.4, 0.5) is 0 Å². The van der Waals surface area contributed by atoms with E-state index < -0.39 is 0 Å². The second kappa shape index (κ2) is 6.19. The molecule has 0 unspecified atom stereocenters. The summed E-state index contributed by atoms with van der Waals surface area (Å²) in [7, 11) is 1.56. The van der Waals surface area contributed by atoms with Crippen molar-refractivity contribution in [3.63, 3.8) is 0 Å². The first kappa shape index (κ1) is 12.7. The van der Waals surface area contributed by atoms with Crippen LogP contribution in [-0.4, -0.2) is 12.9 Å². The Bertz CT molecular complexity index is 270. The molecule has 0 aliphatic rings. The Morgan fingerprint density at radius 3 is 2.29 bits per heavy atom. The van der Waals surface area contributed by atoms with Crippen LogP contribution in [0.1, 0.15) is 20.8 Å². The van der Waals surface area contributed by atoms with Gasteiger partial charge in [-0.15, -0.1) is 0 Å². The van der Waals surface area contributed by atoms with E-state index in [2.05, 4.69) is 6.58 Å². The molecule has 0 fully saturated rings. The molecule has 0 N–H and O–H groups in total. The van der Waals surface area contributed by atoms with Crippen LogP contribution < -0.4 is 0 Å². The quantitative estimate of drug-likeness (QED) is 0.382. The van der Waals surface area contributed by atoms with Gasteiger partial charge in [0.2, 0.25) is 0 Å². The molecule has 0 aliphatic carbocycles. The lowest BCUT2D eigenvalue weighted by molar-refractivity contribution is -0.113. The van der Waals surface area contributed by atoms with E-state index in [4.69, 9.17) is 4.74 Å². The Morgan fingerprint density at radius 2 is 2.00 bits per heavy atom. The second-order valence-electron chi connectivity index (χ2n) is 3.35. The summed E-state index contributed by atoms with van der Waals surface area (Å²) in [6, 6.07) is 0. The van der Waals surface area contributed by atoms with Gasteiger partial charge in [-0.3, -0.25) is 4.79 Å². The topological polar surface area (TPSA) is 26.3 Å². The predicted octanol–water partition coefficient (Wildman–Crippen LogP) is 2.87. The summed E-state index contributed by atoms with van der Waals surface area (Å²) >= 11 is 0. The molecule has 14 heavy (non-hydrogen) atoms. The monoisotopic (exact) mass is 194 g/mol. The molecule has 0 aromatic heterocycles. The summed E-state index contributed by atoms with van der Waals surface area (Å²) in [5.74, 6) is 0.948. The molecule has 0 radical (unpaired) electrons. The van der Waals surface area contributed by atoms with Crippen LogP contribution in [0, 0.1) is 5.92 Å². The zero-order valence-corrected chi connectivity index (χ0v) is 9.33. The van der Waals surface area contributed by atoms with Crippen molar-refractivity contribution < 1.29 is 9.53 Å². The number of carbonyl (C=O) groups excluding carboxylic acids is 1. The average Bonchev–Trinajstić information content (AvgIpc) is 2.10. The van der Waals surface area contributed by atoms with Crippen molar-refractivity contribution in [2.45, 2.75) is 20.8 Å². The largest absolute Gasteiger partial charge is 0.496 e. The highest BCUT2D eigenvalue weighted by Crippen LogP contribution is 2.14. The summed E-state index contributed by atoms with van der Waals surface area (Å²) in [5.41, 5.74) is 0.566. The second-order valence-corrected chi connectivity index (χ2v) is 3.35. The average molecular weight is 194 g/mol. The first-order valence-electron chi connectivity index (χ1n) is 4.62. The molecule has 0 aromatic carbocycles. The van der Waals surface area contributed by atoms with E-state index >= 15 is 0 Å². The molecule has 0 amide bonds. The van der Waals surface area contributed by atoms with Crippen LogP contribution in [0.5, 0.6) is 0 Å². The molecular formula is C12H18O2. The summed E-state index contributed by atoms with van der Waals surface area (Å²) in [5, 5.41) is 0. The summed E-state index contributed by atoms with van der Waals surface area (Å²) in [6.45, 7) is 9.15. The molecule has 0 aliphatic heterocycles. The zero-order chi connectivity index (χ0) is 11.1. The molecule has 2 nitrogen and oxygen atoms in total. The van der Waals surface area contributed by atoms with Crippen LogP contribution >= 0.6 is 0 Å². The maximum atomic E-state index is 11.3. The number of rotatable bonds is 5. The minimum atomic E-state index is -0.0151. The number of ether oxygens (including phenoxy) is 1. The molecule has 0 aromatic rings. The zero-order valence-electron chi connectivity index (χ0n) is 9.33. The van der Waals surface area contributed by atoms with Gasteiger partial charge >= 0.3 is 0 Å². The fourth-order valence-electron chi connectivity index (χ4n) is 1.06. The fourth-order valence-corrected chi connectivity index (χ4v) is 1.06. The van der Waals surface area contributed by atoms with Gasteiger partial charge in [0.05, 0.1) is 12.7 Å². The third-order valence-corrected chi connectivity index (χ3v) is 1.63. The summed E-state index contributed by atoms with van der Waals surface area (Å²) in [6.07, 6.45) is 5.17. The normalized spacial score (nSPS) is 12.9. The number of hydrogen-bond acceptors (Lipinski definition) is 2. The van der Waals surface area contributed by atoms with Crippen LogP contribution in [0.2, 0.25) is 0 Å². The number of ketones is 1. The molecule has 0 bridgehead atoms. The number of hydrogen-bond donors (Lipinski definition) is 0. The van der Waals surface area contributed by atoms with Gasteiger partial charge < -0.3 is 4.74 Å². The third-order valence-electron chi connectivity index (χ3n) is 1.63. The molecule has 0 saturated carbocycles. The van der Waals surface area contributed by atoms with E-state index in [-0.39, 0.29) is 5.78 Å². The molecule has 78 valence electrons. The fraction of sp³-hybridized carbons (Fsp3) is 0.417. The Balaban J connectivity index is 5.06. The van der Waals surface area contributed by atoms with Gasteiger partial charge in [0.15, 0.2) is 5.78 Å². The van der Waals surface area contributed by atoms with Crippen molar-refractivity contribution in [1.29, 1.82) is 0 Å². The van der Waals surface area contributed by atoms with Crippen molar-refractivity contribution in [3.05, 3.63) is 36.1 Å². The van der Waals surface area contributed by atoms with Gasteiger partial charge in [-0.2, -0.15) is 0 Å². The van der Waals surface area contributed by atoms with Gasteiger partial charge in [-0.1, -0.05) is 26.5 Å². The van der Waals surface area contributed by atoms with Gasteiger partial charge in [-0.25, -0.2) is 0 Å². The first-order chi connectivity index (χ1) is 6.52. The van der Waals surface area contributed by atoms with E-state index in [0.717, 1.165) is 0 Å². The van der Waals surface area contributed by atoms with Crippen molar-refractivity contribution in [1.82, 2.24) is 0 Å². The Labute approximate surface area is 86.0 Å². The Morgan fingerprint density at radius 1 is 1.43 bits per heavy atom. The standard InChI is InChI=1S/C12H18O2/c1-6-7-11(10(4)13)12(14-5)8-9(2)3/h6-9H,1H2,2-5H3/b11-7-,12-8+. The molecule has 0 rings (SSSR count). The van der Waals surface area contributed by atoms with E-state index in [0.29, 0.717) is 17.3 Å². The molecule has 0 saturated heterocycles. The molecule has 0 heterocycles. The van der Waals surface area contributed by atoms with E-state index in [1.165, 1.54) is 6.92 Å². The minimum Gasteiger partial charge on any atom is -0.496 e. The highest BCUT2D eigenvalue weighted by Gasteiger charge is 2.10. The highest BCUT2D eigenvalue weighted by atomic mass is 16.5. The lowest BCUT2D eigenvalue weighted by Gasteiger charge is -2.09. The van der Waals surface area contributed by atoms with Gasteiger partial charge in [0.25, 0.3) is 0 Å². The number of Topliss-reactive ketones (excluding diaryl/α,β-unsaturated/α-hetero) is 1. The van der Waals surface area contributed by atoms with E-state index in [9.17, 15) is 4.79 Å². The van der Waals surface area contributed by atoms with E-state index in [1.807, 2.05) is 19.9 Å². The number of methoxy groups -OCH3 is 1. The predicted molar refractivity (Wildman–Crippen MR) is 58.9 cm³/mol. The van der Waals surface area contributed by atoms with Gasteiger partial charge in [0, 0.05) is 0 Å². The SMILES string of the molecule is C=C/C=C(C(C)=O)\C(=C/C(C)C)OC. The lowest BCUT2D eigenvalue weighted by Crippen LogP contribution is -2.03. The summed E-state index contributed by atoms with van der Waals surface area (Å²) < 4.78 is 5.16. The number of allylic oxidation sites excluding steroid dienone is 4. The van der Waals surface area contributed by atoms with Crippen LogP contribution in [0.3, 0.4) is 0 Å². The molecular weight excluding hydrogens is 176 g/mol. The van der Waals surface area contributed by atoms with Gasteiger partial charge in [0.1, 0.15) is 5.76 Å². The van der Waals surface area contributed by atoms with Crippen LogP contribution in [0.25, 0.3) is 0 Å². The summed E-state index contributed by atoms with van der Waals surface area (Å²) in [4.78, 5) is 11.3. The molecule has 0 atom stereocenters. The highest BCUT2D eigenvalue weighted by molar-refractivity contribution is 5.97. The lowest BCUT2D eigenvalue weighted by atomic mass is 10.1. The smallest absolute Gasteiger partial charge is 0.163 e.